The lowest BCUT2D eigenvalue weighted by molar-refractivity contribution is -0.384. The second kappa shape index (κ2) is 6.16. The number of non-ortho nitro benzene ring substituents is 1. The Labute approximate surface area is 122 Å². The molecule has 0 atom stereocenters. The lowest BCUT2D eigenvalue weighted by Gasteiger charge is -2.01. The van der Waals surface area contributed by atoms with Gasteiger partial charge in [0.25, 0.3) is 5.69 Å². The van der Waals surface area contributed by atoms with E-state index in [2.05, 4.69) is 21.2 Å². The molecule has 1 N–H and O–H groups in total. The van der Waals surface area contributed by atoms with Crippen LogP contribution in [0.2, 0.25) is 0 Å². The van der Waals surface area contributed by atoms with Crippen LogP contribution in [0.3, 0.4) is 0 Å². The molecule has 0 aliphatic rings. The standard InChI is InChI=1S/C13H9BrN2O4/c14-12-6-4-11(20-12)5-7-13(17)15-9-2-1-3-10(8-9)16(18)19/h1-8H,(H,15,17)/b7-5+. The summed E-state index contributed by atoms with van der Waals surface area (Å²) in [4.78, 5) is 21.7. The number of nitro groups is 1. The van der Waals surface area contributed by atoms with Crippen LogP contribution in [0.5, 0.6) is 0 Å². The summed E-state index contributed by atoms with van der Waals surface area (Å²) in [7, 11) is 0. The average Bonchev–Trinajstić information content (AvgIpc) is 2.82. The molecule has 7 heteroatoms. The summed E-state index contributed by atoms with van der Waals surface area (Å²) in [6, 6.07) is 9.11. The van der Waals surface area contributed by atoms with Crippen molar-refractivity contribution in [2.24, 2.45) is 0 Å². The quantitative estimate of drug-likeness (QED) is 0.525. The van der Waals surface area contributed by atoms with Gasteiger partial charge in [-0.3, -0.25) is 14.9 Å². The zero-order valence-corrected chi connectivity index (χ0v) is 11.7. The summed E-state index contributed by atoms with van der Waals surface area (Å²) in [6.45, 7) is 0. The first-order valence-electron chi connectivity index (χ1n) is 5.53. The molecular weight excluding hydrogens is 328 g/mol. The van der Waals surface area contributed by atoms with Gasteiger partial charge in [0.1, 0.15) is 5.76 Å². The van der Waals surface area contributed by atoms with E-state index in [9.17, 15) is 14.9 Å². The minimum absolute atomic E-state index is 0.0817. The Morgan fingerprint density at radius 1 is 1.35 bits per heavy atom. The number of carbonyl (C=O) groups excluding carboxylic acids is 1. The van der Waals surface area contributed by atoms with Gasteiger partial charge in [0, 0.05) is 23.9 Å². The van der Waals surface area contributed by atoms with Crippen molar-refractivity contribution in [1.29, 1.82) is 0 Å². The number of carbonyl (C=O) groups is 1. The van der Waals surface area contributed by atoms with Crippen LogP contribution in [-0.4, -0.2) is 10.8 Å². The zero-order chi connectivity index (χ0) is 14.5. The molecule has 0 aliphatic carbocycles. The third-order valence-electron chi connectivity index (χ3n) is 2.32. The first-order valence-corrected chi connectivity index (χ1v) is 6.33. The smallest absolute Gasteiger partial charge is 0.271 e. The zero-order valence-electron chi connectivity index (χ0n) is 10.1. The predicted octanol–water partition coefficient (Wildman–Crippen LogP) is 3.60. The molecule has 1 aromatic heterocycles. The Morgan fingerprint density at radius 3 is 2.80 bits per heavy atom. The van der Waals surface area contributed by atoms with E-state index >= 15 is 0 Å². The monoisotopic (exact) mass is 336 g/mol. The third-order valence-corrected chi connectivity index (χ3v) is 2.74. The number of hydrogen-bond acceptors (Lipinski definition) is 4. The van der Waals surface area contributed by atoms with E-state index < -0.39 is 10.8 Å². The number of nitro benzene ring substituents is 1. The number of benzene rings is 1. The van der Waals surface area contributed by atoms with E-state index in [1.54, 1.807) is 18.2 Å². The summed E-state index contributed by atoms with van der Waals surface area (Å²) in [6.07, 6.45) is 2.78. The molecule has 1 amide bonds. The van der Waals surface area contributed by atoms with Crippen LogP contribution in [-0.2, 0) is 4.79 Å². The van der Waals surface area contributed by atoms with Gasteiger partial charge in [-0.2, -0.15) is 0 Å². The molecule has 0 unspecified atom stereocenters. The molecule has 6 nitrogen and oxygen atoms in total. The third kappa shape index (κ3) is 3.79. The molecule has 102 valence electrons. The number of nitrogens with zero attached hydrogens (tertiary/aromatic N) is 1. The summed E-state index contributed by atoms with van der Waals surface area (Å²) in [5, 5.41) is 13.1. The van der Waals surface area contributed by atoms with Crippen LogP contribution in [0.4, 0.5) is 11.4 Å². The molecule has 1 aromatic carbocycles. The van der Waals surface area contributed by atoms with E-state index in [1.165, 1.54) is 30.4 Å². The molecule has 0 radical (unpaired) electrons. The number of hydrogen-bond donors (Lipinski definition) is 1. The van der Waals surface area contributed by atoms with Crippen LogP contribution in [0.1, 0.15) is 5.76 Å². The lowest BCUT2D eigenvalue weighted by atomic mass is 10.3. The van der Waals surface area contributed by atoms with E-state index in [0.717, 1.165) is 0 Å². The molecular formula is C13H9BrN2O4. The van der Waals surface area contributed by atoms with Gasteiger partial charge in [-0.1, -0.05) is 6.07 Å². The molecule has 0 bridgehead atoms. The highest BCUT2D eigenvalue weighted by atomic mass is 79.9. The van der Waals surface area contributed by atoms with Crippen molar-refractivity contribution in [3.8, 4) is 0 Å². The Hall–Kier alpha value is -2.41. The summed E-state index contributed by atoms with van der Waals surface area (Å²) in [5.41, 5.74) is 0.274. The molecule has 0 aliphatic heterocycles. The van der Waals surface area contributed by atoms with Crippen molar-refractivity contribution in [3.05, 3.63) is 63.0 Å². The lowest BCUT2D eigenvalue weighted by Crippen LogP contribution is -2.07. The van der Waals surface area contributed by atoms with Gasteiger partial charge in [-0.05, 0) is 40.2 Å². The average molecular weight is 337 g/mol. The van der Waals surface area contributed by atoms with E-state index in [4.69, 9.17) is 4.42 Å². The van der Waals surface area contributed by atoms with E-state index in [-0.39, 0.29) is 5.69 Å². The number of amides is 1. The first-order chi connectivity index (χ1) is 9.54. The van der Waals surface area contributed by atoms with Crippen LogP contribution in [0.15, 0.2) is 51.6 Å². The van der Waals surface area contributed by atoms with Crippen molar-refractivity contribution >= 4 is 39.3 Å². The minimum Gasteiger partial charge on any atom is -0.450 e. The highest BCUT2D eigenvalue weighted by Crippen LogP contribution is 2.17. The van der Waals surface area contributed by atoms with Crippen LogP contribution < -0.4 is 5.32 Å². The molecule has 2 aromatic rings. The second-order valence-corrected chi connectivity index (χ2v) is 4.55. The molecule has 20 heavy (non-hydrogen) atoms. The Kier molecular flexibility index (Phi) is 4.31. The van der Waals surface area contributed by atoms with Gasteiger partial charge in [0.15, 0.2) is 4.67 Å². The number of nitrogens with one attached hydrogen (secondary N) is 1. The van der Waals surface area contributed by atoms with Crippen molar-refractivity contribution in [2.45, 2.75) is 0 Å². The molecule has 0 saturated heterocycles. The van der Waals surface area contributed by atoms with Crippen molar-refractivity contribution < 1.29 is 14.1 Å². The van der Waals surface area contributed by atoms with Gasteiger partial charge in [0.2, 0.25) is 5.91 Å². The first kappa shape index (κ1) is 14.0. The maximum Gasteiger partial charge on any atom is 0.271 e. The molecule has 0 spiro atoms. The maximum absolute atomic E-state index is 11.7. The number of furan rings is 1. The number of rotatable bonds is 4. The molecule has 0 saturated carbocycles. The largest absolute Gasteiger partial charge is 0.450 e. The van der Waals surface area contributed by atoms with Crippen molar-refractivity contribution in [2.75, 3.05) is 5.32 Å². The van der Waals surface area contributed by atoms with Crippen molar-refractivity contribution in [1.82, 2.24) is 0 Å². The molecule has 1 heterocycles. The normalized spacial score (nSPS) is 10.7. The highest BCUT2D eigenvalue weighted by molar-refractivity contribution is 9.10. The Balaban J connectivity index is 2.02. The topological polar surface area (TPSA) is 85.4 Å². The van der Waals surface area contributed by atoms with Gasteiger partial charge >= 0.3 is 0 Å². The van der Waals surface area contributed by atoms with Gasteiger partial charge in [-0.25, -0.2) is 0 Å². The number of halogens is 1. The fourth-order valence-corrected chi connectivity index (χ4v) is 1.78. The van der Waals surface area contributed by atoms with E-state index in [1.807, 2.05) is 0 Å². The summed E-state index contributed by atoms with van der Waals surface area (Å²) >= 11 is 3.15. The minimum atomic E-state index is -0.522. The van der Waals surface area contributed by atoms with Crippen LogP contribution in [0, 0.1) is 10.1 Å². The SMILES string of the molecule is O=C(/C=C/c1ccc(Br)o1)Nc1cccc([N+](=O)[O-])c1. The maximum atomic E-state index is 11.7. The predicted molar refractivity (Wildman–Crippen MR) is 77.2 cm³/mol. The molecule has 0 fully saturated rings. The highest BCUT2D eigenvalue weighted by Gasteiger charge is 2.06. The fraction of sp³-hybridized carbons (Fsp3) is 0. The van der Waals surface area contributed by atoms with E-state index in [0.29, 0.717) is 16.1 Å². The summed E-state index contributed by atoms with van der Waals surface area (Å²) in [5.74, 6) is 0.115. The van der Waals surface area contributed by atoms with Gasteiger partial charge in [-0.15, -0.1) is 0 Å². The fourth-order valence-electron chi connectivity index (χ4n) is 1.46. The Morgan fingerprint density at radius 2 is 2.15 bits per heavy atom. The Bertz CT molecular complexity index is 679. The van der Waals surface area contributed by atoms with Crippen LogP contribution >= 0.6 is 15.9 Å². The summed E-state index contributed by atoms with van der Waals surface area (Å²) < 4.78 is 5.76. The van der Waals surface area contributed by atoms with Crippen molar-refractivity contribution in [3.63, 3.8) is 0 Å². The van der Waals surface area contributed by atoms with Crippen LogP contribution in [0.25, 0.3) is 6.08 Å². The number of anilines is 1. The van der Waals surface area contributed by atoms with Gasteiger partial charge < -0.3 is 9.73 Å². The second-order valence-electron chi connectivity index (χ2n) is 3.77. The van der Waals surface area contributed by atoms with Gasteiger partial charge in [0.05, 0.1) is 4.92 Å². The molecule has 2 rings (SSSR count).